The van der Waals surface area contributed by atoms with Gasteiger partial charge in [0.15, 0.2) is 9.84 Å². The first-order chi connectivity index (χ1) is 8.88. The van der Waals surface area contributed by atoms with Crippen LogP contribution in [0, 0.1) is 0 Å². The Morgan fingerprint density at radius 3 is 2.47 bits per heavy atom. The van der Waals surface area contributed by atoms with Gasteiger partial charge in [0.05, 0.1) is 5.01 Å². The summed E-state index contributed by atoms with van der Waals surface area (Å²) in [4.78, 5) is 4.25. The van der Waals surface area contributed by atoms with Crippen LogP contribution >= 0.6 is 23.6 Å². The molecule has 0 bridgehead atoms. The highest BCUT2D eigenvalue weighted by molar-refractivity contribution is 7.93. The molecule has 1 heterocycles. The van der Waals surface area contributed by atoms with Crippen molar-refractivity contribution >= 4 is 38.4 Å². The molecule has 0 saturated carbocycles. The number of thiazole rings is 1. The van der Waals surface area contributed by atoms with Crippen molar-refractivity contribution in [3.63, 3.8) is 0 Å². The SMILES string of the molecule is CS(=O)(=O)c1sc(Cc2ccccc2)nc1C(N)=S. The Bertz CT molecular complexity index is 706. The summed E-state index contributed by atoms with van der Waals surface area (Å²) in [6, 6.07) is 9.70. The van der Waals surface area contributed by atoms with Crippen LogP contribution in [0.4, 0.5) is 0 Å². The number of nitrogens with zero attached hydrogens (tertiary/aromatic N) is 1. The second kappa shape index (κ2) is 5.36. The van der Waals surface area contributed by atoms with E-state index in [1.54, 1.807) is 0 Å². The molecule has 2 rings (SSSR count). The van der Waals surface area contributed by atoms with E-state index >= 15 is 0 Å². The van der Waals surface area contributed by atoms with Crippen molar-refractivity contribution in [1.82, 2.24) is 4.98 Å². The van der Waals surface area contributed by atoms with E-state index in [-0.39, 0.29) is 14.9 Å². The van der Waals surface area contributed by atoms with Gasteiger partial charge in [0.2, 0.25) is 0 Å². The number of aromatic nitrogens is 1. The van der Waals surface area contributed by atoms with Crippen LogP contribution in [-0.4, -0.2) is 24.6 Å². The molecule has 19 heavy (non-hydrogen) atoms. The van der Waals surface area contributed by atoms with E-state index in [0.717, 1.165) is 23.2 Å². The van der Waals surface area contributed by atoms with Gasteiger partial charge in [-0.2, -0.15) is 0 Å². The molecule has 4 nitrogen and oxygen atoms in total. The quantitative estimate of drug-likeness (QED) is 0.871. The van der Waals surface area contributed by atoms with Crippen LogP contribution < -0.4 is 5.73 Å². The van der Waals surface area contributed by atoms with Crippen LogP contribution in [0.15, 0.2) is 34.5 Å². The summed E-state index contributed by atoms with van der Waals surface area (Å²) in [5, 5.41) is 0.689. The molecule has 100 valence electrons. The second-order valence-corrected chi connectivity index (χ2v) is 7.78. The van der Waals surface area contributed by atoms with Gasteiger partial charge in [0.1, 0.15) is 14.9 Å². The summed E-state index contributed by atoms with van der Waals surface area (Å²) >= 11 is 5.98. The summed E-state index contributed by atoms with van der Waals surface area (Å²) in [6.07, 6.45) is 1.70. The molecule has 1 aromatic heterocycles. The van der Waals surface area contributed by atoms with Crippen molar-refractivity contribution in [3.8, 4) is 0 Å². The zero-order valence-corrected chi connectivity index (χ0v) is 12.6. The fraction of sp³-hybridized carbons (Fsp3) is 0.167. The number of hydrogen-bond acceptors (Lipinski definition) is 5. The van der Waals surface area contributed by atoms with Crippen molar-refractivity contribution in [3.05, 3.63) is 46.6 Å². The van der Waals surface area contributed by atoms with Crippen molar-refractivity contribution in [2.45, 2.75) is 10.6 Å². The summed E-state index contributed by atoms with van der Waals surface area (Å²) in [5.74, 6) is 0. The lowest BCUT2D eigenvalue weighted by Gasteiger charge is -1.95. The average molecular weight is 312 g/mol. The molecule has 0 unspecified atom stereocenters. The average Bonchev–Trinajstić information content (AvgIpc) is 2.74. The molecular weight excluding hydrogens is 300 g/mol. The molecule has 2 N–H and O–H groups in total. The first-order valence-corrected chi connectivity index (χ1v) is 8.53. The van der Waals surface area contributed by atoms with Crippen molar-refractivity contribution in [2.75, 3.05) is 6.26 Å². The molecule has 0 atom stereocenters. The minimum absolute atomic E-state index is 0.0102. The van der Waals surface area contributed by atoms with Gasteiger partial charge in [-0.05, 0) is 5.56 Å². The van der Waals surface area contributed by atoms with E-state index < -0.39 is 9.84 Å². The lowest BCUT2D eigenvalue weighted by molar-refractivity contribution is 0.603. The zero-order valence-electron chi connectivity index (χ0n) is 10.2. The van der Waals surface area contributed by atoms with Crippen molar-refractivity contribution in [1.29, 1.82) is 0 Å². The number of hydrogen-bond donors (Lipinski definition) is 1. The monoisotopic (exact) mass is 312 g/mol. The summed E-state index contributed by atoms with van der Waals surface area (Å²) < 4.78 is 23.5. The van der Waals surface area contributed by atoms with Gasteiger partial charge in [-0.1, -0.05) is 42.5 Å². The topological polar surface area (TPSA) is 73.0 Å². The molecule has 0 spiro atoms. The Morgan fingerprint density at radius 2 is 2.00 bits per heavy atom. The molecule has 0 fully saturated rings. The third-order valence-corrected chi connectivity index (χ3v) is 5.48. The summed E-state index contributed by atoms with van der Waals surface area (Å²) in [5.41, 5.74) is 6.79. The highest BCUT2D eigenvalue weighted by Gasteiger charge is 2.21. The van der Waals surface area contributed by atoms with E-state index in [9.17, 15) is 8.42 Å². The Kier molecular flexibility index (Phi) is 3.98. The van der Waals surface area contributed by atoms with Crippen molar-refractivity contribution in [2.24, 2.45) is 5.73 Å². The predicted molar refractivity (Wildman–Crippen MR) is 80.4 cm³/mol. The molecule has 7 heteroatoms. The molecule has 0 aliphatic rings. The van der Waals surface area contributed by atoms with Gasteiger partial charge in [-0.25, -0.2) is 13.4 Å². The molecule has 2 aromatic rings. The Morgan fingerprint density at radius 1 is 1.37 bits per heavy atom. The lowest BCUT2D eigenvalue weighted by Crippen LogP contribution is -2.13. The third kappa shape index (κ3) is 3.37. The highest BCUT2D eigenvalue weighted by atomic mass is 32.2. The number of nitrogens with two attached hydrogens (primary N) is 1. The summed E-state index contributed by atoms with van der Waals surface area (Å²) in [7, 11) is -3.36. The van der Waals surface area contributed by atoms with E-state index in [0.29, 0.717) is 11.4 Å². The van der Waals surface area contributed by atoms with E-state index in [1.807, 2.05) is 30.3 Å². The fourth-order valence-electron chi connectivity index (χ4n) is 1.60. The number of sulfone groups is 1. The first-order valence-electron chi connectivity index (χ1n) is 5.41. The van der Waals surface area contributed by atoms with Crippen molar-refractivity contribution < 1.29 is 8.42 Å². The van der Waals surface area contributed by atoms with Gasteiger partial charge >= 0.3 is 0 Å². The van der Waals surface area contributed by atoms with E-state index in [1.165, 1.54) is 0 Å². The Hall–Kier alpha value is -1.31. The van der Waals surface area contributed by atoms with Gasteiger partial charge < -0.3 is 5.73 Å². The molecule has 0 amide bonds. The maximum Gasteiger partial charge on any atom is 0.187 e. The molecule has 0 saturated heterocycles. The van der Waals surface area contributed by atoms with Gasteiger partial charge in [0, 0.05) is 12.7 Å². The molecule has 0 aliphatic heterocycles. The highest BCUT2D eigenvalue weighted by Crippen LogP contribution is 2.25. The summed E-state index contributed by atoms with van der Waals surface area (Å²) in [6.45, 7) is 0. The Balaban J connectivity index is 2.42. The maximum absolute atomic E-state index is 11.7. The van der Waals surface area contributed by atoms with E-state index in [4.69, 9.17) is 18.0 Å². The number of benzene rings is 1. The molecule has 1 aromatic carbocycles. The van der Waals surface area contributed by atoms with Crippen LogP contribution in [0.1, 0.15) is 16.3 Å². The fourth-order valence-corrected chi connectivity index (χ4v) is 4.12. The van der Waals surface area contributed by atoms with Crippen LogP contribution in [0.25, 0.3) is 0 Å². The minimum Gasteiger partial charge on any atom is -0.388 e. The Labute approximate surface area is 121 Å². The van der Waals surface area contributed by atoms with Crippen LogP contribution in [0.2, 0.25) is 0 Å². The normalized spacial score (nSPS) is 11.4. The smallest absolute Gasteiger partial charge is 0.187 e. The predicted octanol–water partition coefficient (Wildman–Crippen LogP) is 1.77. The number of rotatable bonds is 4. The standard InChI is InChI=1S/C12H12N2O2S3/c1-19(15,16)12-10(11(13)17)14-9(18-12)7-8-5-3-2-4-6-8/h2-6H,7H2,1H3,(H2,13,17). The molecule has 0 aliphatic carbocycles. The molecule has 0 radical (unpaired) electrons. The third-order valence-electron chi connectivity index (χ3n) is 2.41. The zero-order chi connectivity index (χ0) is 14.0. The van der Waals surface area contributed by atoms with Crippen LogP contribution in [-0.2, 0) is 16.3 Å². The van der Waals surface area contributed by atoms with Gasteiger partial charge in [-0.3, -0.25) is 0 Å². The largest absolute Gasteiger partial charge is 0.388 e. The first kappa shape index (κ1) is 14.1. The molecular formula is C12H12N2O2S3. The van der Waals surface area contributed by atoms with Crippen LogP contribution in [0.5, 0.6) is 0 Å². The lowest BCUT2D eigenvalue weighted by atomic mass is 10.2. The van der Waals surface area contributed by atoms with Gasteiger partial charge in [0.25, 0.3) is 0 Å². The minimum atomic E-state index is -3.36. The second-order valence-electron chi connectivity index (χ2n) is 4.04. The van der Waals surface area contributed by atoms with E-state index in [2.05, 4.69) is 4.98 Å². The number of thiocarbonyl (C=S) groups is 1. The van der Waals surface area contributed by atoms with Gasteiger partial charge in [-0.15, -0.1) is 11.3 Å². The maximum atomic E-state index is 11.7. The van der Waals surface area contributed by atoms with Crippen LogP contribution in [0.3, 0.4) is 0 Å².